The molecule has 0 aliphatic heterocycles. The van der Waals surface area contributed by atoms with Gasteiger partial charge in [-0.05, 0) is 17.7 Å². The fraction of sp³-hybridized carbons (Fsp3) is 0.222. The number of hydrogen-bond donors (Lipinski definition) is 1. The van der Waals surface area contributed by atoms with Crippen molar-refractivity contribution >= 4 is 11.5 Å². The lowest BCUT2D eigenvalue weighted by molar-refractivity contribution is 0.106. The van der Waals surface area contributed by atoms with Crippen LogP contribution in [0.1, 0.15) is 15.9 Å². The Balaban J connectivity index is 2.33. The summed E-state index contributed by atoms with van der Waals surface area (Å²) in [4.78, 5) is 12.4. The molecule has 0 saturated heterocycles. The number of ketones is 1. The van der Waals surface area contributed by atoms with Crippen molar-refractivity contribution in [1.82, 2.24) is 0 Å². The number of nitrogens with zero attached hydrogens (tertiary/aromatic N) is 1. The van der Waals surface area contributed by atoms with Crippen LogP contribution in [0.15, 0.2) is 47.6 Å². The summed E-state index contributed by atoms with van der Waals surface area (Å²) < 4.78 is 15.8. The van der Waals surface area contributed by atoms with Crippen molar-refractivity contribution < 1.29 is 24.2 Å². The van der Waals surface area contributed by atoms with Crippen LogP contribution in [0.3, 0.4) is 0 Å². The van der Waals surface area contributed by atoms with Gasteiger partial charge in [0.2, 0.25) is 11.5 Å². The second-order valence-electron chi connectivity index (χ2n) is 4.95. The van der Waals surface area contributed by atoms with Gasteiger partial charge in [-0.2, -0.15) is 0 Å². The van der Waals surface area contributed by atoms with Gasteiger partial charge in [-0.15, -0.1) is 0 Å². The van der Waals surface area contributed by atoms with Gasteiger partial charge in [0, 0.05) is 12.0 Å². The molecule has 0 aliphatic carbocycles. The first-order valence-corrected chi connectivity index (χ1v) is 7.24. The monoisotopic (exact) mass is 329 g/mol. The first kappa shape index (κ1) is 17.3. The van der Waals surface area contributed by atoms with Crippen LogP contribution in [0.5, 0.6) is 17.2 Å². The molecule has 0 amide bonds. The van der Waals surface area contributed by atoms with Crippen LogP contribution in [0.4, 0.5) is 0 Å². The van der Waals surface area contributed by atoms with Gasteiger partial charge in [-0.25, -0.2) is 0 Å². The van der Waals surface area contributed by atoms with Gasteiger partial charge in [0.15, 0.2) is 11.5 Å². The molecule has 0 spiro atoms. The van der Waals surface area contributed by atoms with Crippen molar-refractivity contribution in [3.63, 3.8) is 0 Å². The maximum atomic E-state index is 12.4. The predicted molar refractivity (Wildman–Crippen MR) is 89.8 cm³/mol. The Morgan fingerprint density at radius 1 is 1.00 bits per heavy atom. The molecule has 6 nitrogen and oxygen atoms in total. The Labute approximate surface area is 140 Å². The highest BCUT2D eigenvalue weighted by Gasteiger charge is 2.18. The molecule has 0 bridgehead atoms. The highest BCUT2D eigenvalue weighted by atomic mass is 16.5. The van der Waals surface area contributed by atoms with E-state index < -0.39 is 0 Å². The SMILES string of the molecule is COc1cc(C/C(=N/O)C(=O)c2ccccc2)cc(OC)c1OC. The normalized spacial score (nSPS) is 11.0. The second kappa shape index (κ2) is 8.01. The number of Topliss-reactive ketones (excluding diaryl/α,β-unsaturated/α-hetero) is 1. The minimum atomic E-state index is -0.341. The first-order chi connectivity index (χ1) is 11.6. The smallest absolute Gasteiger partial charge is 0.210 e. The average molecular weight is 329 g/mol. The van der Waals surface area contributed by atoms with E-state index in [1.165, 1.54) is 21.3 Å². The molecule has 2 aromatic carbocycles. The Morgan fingerprint density at radius 2 is 1.58 bits per heavy atom. The van der Waals surface area contributed by atoms with Crippen LogP contribution in [0, 0.1) is 0 Å². The van der Waals surface area contributed by atoms with Crippen molar-refractivity contribution in [1.29, 1.82) is 0 Å². The molecule has 2 aromatic rings. The van der Waals surface area contributed by atoms with E-state index in [4.69, 9.17) is 14.2 Å². The van der Waals surface area contributed by atoms with E-state index in [1.54, 1.807) is 36.4 Å². The lowest BCUT2D eigenvalue weighted by Gasteiger charge is -2.14. The third-order valence-electron chi connectivity index (χ3n) is 3.51. The van der Waals surface area contributed by atoms with Gasteiger partial charge in [0.1, 0.15) is 5.71 Å². The zero-order chi connectivity index (χ0) is 17.5. The van der Waals surface area contributed by atoms with Crippen LogP contribution in [-0.4, -0.2) is 38.0 Å². The summed E-state index contributed by atoms with van der Waals surface area (Å²) in [5.41, 5.74) is 1.18. The minimum absolute atomic E-state index is 0.0236. The number of ether oxygens (including phenoxy) is 3. The average Bonchev–Trinajstić information content (AvgIpc) is 2.65. The summed E-state index contributed by atoms with van der Waals surface area (Å²) in [6.07, 6.45) is 0.126. The van der Waals surface area contributed by atoms with Crippen LogP contribution >= 0.6 is 0 Å². The molecule has 2 rings (SSSR count). The lowest BCUT2D eigenvalue weighted by Crippen LogP contribution is -2.17. The summed E-state index contributed by atoms with van der Waals surface area (Å²) in [6.45, 7) is 0. The van der Waals surface area contributed by atoms with E-state index in [2.05, 4.69) is 5.16 Å². The summed E-state index contributed by atoms with van der Waals surface area (Å²) in [7, 11) is 4.54. The third kappa shape index (κ3) is 3.65. The zero-order valence-corrected chi connectivity index (χ0v) is 13.8. The Hall–Kier alpha value is -3.02. The summed E-state index contributed by atoms with van der Waals surface area (Å²) in [5, 5.41) is 12.4. The van der Waals surface area contributed by atoms with Gasteiger partial charge in [0.05, 0.1) is 21.3 Å². The second-order valence-corrected chi connectivity index (χ2v) is 4.95. The Kier molecular flexibility index (Phi) is 5.78. The molecule has 0 aliphatic rings. The van der Waals surface area contributed by atoms with E-state index in [-0.39, 0.29) is 17.9 Å². The molecule has 24 heavy (non-hydrogen) atoms. The van der Waals surface area contributed by atoms with Crippen molar-refractivity contribution in [3.8, 4) is 17.2 Å². The van der Waals surface area contributed by atoms with Gasteiger partial charge >= 0.3 is 0 Å². The maximum absolute atomic E-state index is 12.4. The largest absolute Gasteiger partial charge is 0.493 e. The fourth-order valence-corrected chi connectivity index (χ4v) is 2.35. The van der Waals surface area contributed by atoms with Crippen LogP contribution in [-0.2, 0) is 6.42 Å². The molecule has 1 N–H and O–H groups in total. The molecular weight excluding hydrogens is 310 g/mol. The third-order valence-corrected chi connectivity index (χ3v) is 3.51. The van der Waals surface area contributed by atoms with Gasteiger partial charge in [-0.1, -0.05) is 35.5 Å². The van der Waals surface area contributed by atoms with E-state index in [0.717, 1.165) is 0 Å². The van der Waals surface area contributed by atoms with E-state index >= 15 is 0 Å². The van der Waals surface area contributed by atoms with Crippen molar-refractivity contribution in [3.05, 3.63) is 53.6 Å². The van der Waals surface area contributed by atoms with Crippen LogP contribution < -0.4 is 14.2 Å². The van der Waals surface area contributed by atoms with E-state index in [0.29, 0.717) is 28.4 Å². The quantitative estimate of drug-likeness (QED) is 0.366. The number of rotatable bonds is 7. The molecule has 0 unspecified atom stereocenters. The van der Waals surface area contributed by atoms with Gasteiger partial charge in [0.25, 0.3) is 0 Å². The number of carbonyl (C=O) groups is 1. The van der Waals surface area contributed by atoms with E-state index in [1.807, 2.05) is 6.07 Å². The van der Waals surface area contributed by atoms with Crippen molar-refractivity contribution in [2.24, 2.45) is 5.16 Å². The standard InChI is InChI=1S/C18H19NO5/c1-22-15-10-12(11-16(23-2)18(15)24-3)9-14(19-21)17(20)13-7-5-4-6-8-13/h4-8,10-11,21H,9H2,1-3H3/b19-14-. The fourth-order valence-electron chi connectivity index (χ4n) is 2.35. The number of hydrogen-bond acceptors (Lipinski definition) is 6. The van der Waals surface area contributed by atoms with Crippen molar-refractivity contribution in [2.45, 2.75) is 6.42 Å². The van der Waals surface area contributed by atoms with Crippen molar-refractivity contribution in [2.75, 3.05) is 21.3 Å². The molecule has 126 valence electrons. The van der Waals surface area contributed by atoms with Crippen LogP contribution in [0.25, 0.3) is 0 Å². The zero-order valence-electron chi connectivity index (χ0n) is 13.8. The van der Waals surface area contributed by atoms with E-state index in [9.17, 15) is 10.0 Å². The van der Waals surface area contributed by atoms with Crippen LogP contribution in [0.2, 0.25) is 0 Å². The highest BCUT2D eigenvalue weighted by Crippen LogP contribution is 2.38. The number of benzene rings is 2. The maximum Gasteiger partial charge on any atom is 0.210 e. The molecule has 0 radical (unpaired) electrons. The molecular formula is C18H19NO5. The molecule has 0 aromatic heterocycles. The summed E-state index contributed by atoms with van der Waals surface area (Å²) in [6, 6.07) is 12.1. The number of oxime groups is 1. The van der Waals surface area contributed by atoms with Gasteiger partial charge in [-0.3, -0.25) is 4.79 Å². The lowest BCUT2D eigenvalue weighted by atomic mass is 10.00. The number of carbonyl (C=O) groups excluding carboxylic acids is 1. The predicted octanol–water partition coefficient (Wildman–Crippen LogP) is 2.97. The number of methoxy groups -OCH3 is 3. The minimum Gasteiger partial charge on any atom is -0.493 e. The molecule has 0 heterocycles. The first-order valence-electron chi connectivity index (χ1n) is 7.24. The molecule has 0 fully saturated rings. The summed E-state index contributed by atoms with van der Waals surface area (Å²) in [5.74, 6) is 1.06. The molecule has 0 saturated carbocycles. The molecule has 0 atom stereocenters. The topological polar surface area (TPSA) is 77.4 Å². The highest BCUT2D eigenvalue weighted by molar-refractivity contribution is 6.46. The molecule has 6 heteroatoms. The van der Waals surface area contributed by atoms with Gasteiger partial charge < -0.3 is 19.4 Å². The Morgan fingerprint density at radius 3 is 2.04 bits per heavy atom. The Bertz CT molecular complexity index is 715. The summed E-state index contributed by atoms with van der Waals surface area (Å²) >= 11 is 0.